The Bertz CT molecular complexity index is 285. The maximum absolute atomic E-state index is 10.0. The van der Waals surface area contributed by atoms with E-state index in [0.29, 0.717) is 6.42 Å². The second kappa shape index (κ2) is 5.14. The van der Waals surface area contributed by atoms with Crippen molar-refractivity contribution in [2.24, 2.45) is 0 Å². The molecule has 0 N–H and O–H groups in total. The van der Waals surface area contributed by atoms with E-state index >= 15 is 0 Å². The Morgan fingerprint density at radius 3 is 2.54 bits per heavy atom. The molecule has 0 bridgehead atoms. The molecule has 1 aromatic rings. The second-order valence-corrected chi connectivity index (χ2v) is 2.58. The number of carbonyl (C=O) groups is 1. The van der Waals surface area contributed by atoms with E-state index in [-0.39, 0.29) is 0 Å². The normalized spacial score (nSPS) is 10.2. The molecule has 2 nitrogen and oxygen atoms in total. The van der Waals surface area contributed by atoms with Crippen LogP contribution in [0.15, 0.2) is 30.3 Å². The molecular formula is C11H12O2. The Morgan fingerprint density at radius 1 is 1.31 bits per heavy atom. The highest BCUT2D eigenvalue weighted by Crippen LogP contribution is 2.12. The van der Waals surface area contributed by atoms with Crippen molar-refractivity contribution in [2.45, 2.75) is 6.42 Å². The van der Waals surface area contributed by atoms with Crippen molar-refractivity contribution in [1.82, 2.24) is 0 Å². The van der Waals surface area contributed by atoms with Gasteiger partial charge < -0.3 is 9.53 Å². The summed E-state index contributed by atoms with van der Waals surface area (Å²) in [6.07, 6.45) is 5.08. The number of aldehydes is 1. The minimum Gasteiger partial charge on any atom is -0.497 e. The molecule has 0 aliphatic carbocycles. The summed E-state index contributed by atoms with van der Waals surface area (Å²) in [5.74, 6) is 0.840. The molecule has 0 heterocycles. The van der Waals surface area contributed by atoms with E-state index in [4.69, 9.17) is 4.74 Å². The average Bonchev–Trinajstić information content (AvgIpc) is 2.19. The zero-order chi connectivity index (χ0) is 9.52. The first kappa shape index (κ1) is 9.52. The number of carbonyl (C=O) groups excluding carboxylic acids is 1. The van der Waals surface area contributed by atoms with E-state index in [0.717, 1.165) is 17.6 Å². The fraction of sp³-hybridized carbons (Fsp3) is 0.182. The molecule has 0 unspecified atom stereocenters. The van der Waals surface area contributed by atoms with E-state index in [1.807, 2.05) is 36.4 Å². The van der Waals surface area contributed by atoms with Crippen molar-refractivity contribution in [2.75, 3.05) is 7.11 Å². The third kappa shape index (κ3) is 3.11. The Kier molecular flexibility index (Phi) is 3.76. The van der Waals surface area contributed by atoms with Crippen LogP contribution >= 0.6 is 0 Å². The maximum atomic E-state index is 10.0. The number of benzene rings is 1. The molecule has 1 rings (SSSR count). The van der Waals surface area contributed by atoms with Crippen LogP contribution in [0.5, 0.6) is 5.75 Å². The van der Waals surface area contributed by atoms with Gasteiger partial charge in [-0.05, 0) is 17.7 Å². The molecule has 0 spiro atoms. The largest absolute Gasteiger partial charge is 0.497 e. The zero-order valence-corrected chi connectivity index (χ0v) is 7.57. The molecule has 0 atom stereocenters. The van der Waals surface area contributed by atoms with Crippen molar-refractivity contribution >= 4 is 12.4 Å². The van der Waals surface area contributed by atoms with Crippen LogP contribution in [0.3, 0.4) is 0 Å². The number of methoxy groups -OCH3 is 1. The van der Waals surface area contributed by atoms with Gasteiger partial charge in [-0.25, -0.2) is 0 Å². The van der Waals surface area contributed by atoms with Gasteiger partial charge in [0.1, 0.15) is 12.0 Å². The molecule has 0 saturated carbocycles. The molecule has 68 valence electrons. The van der Waals surface area contributed by atoms with Crippen LogP contribution in [0.2, 0.25) is 0 Å². The lowest BCUT2D eigenvalue weighted by Crippen LogP contribution is -1.81. The van der Waals surface area contributed by atoms with Gasteiger partial charge >= 0.3 is 0 Å². The van der Waals surface area contributed by atoms with Crippen LogP contribution in [0.25, 0.3) is 6.08 Å². The summed E-state index contributed by atoms with van der Waals surface area (Å²) in [5.41, 5.74) is 1.07. The van der Waals surface area contributed by atoms with Crippen molar-refractivity contribution in [3.63, 3.8) is 0 Å². The monoisotopic (exact) mass is 176 g/mol. The van der Waals surface area contributed by atoms with Crippen molar-refractivity contribution in [3.8, 4) is 5.75 Å². The van der Waals surface area contributed by atoms with E-state index in [1.54, 1.807) is 7.11 Å². The van der Waals surface area contributed by atoms with Crippen LogP contribution in [-0.2, 0) is 4.79 Å². The molecular weight excluding hydrogens is 164 g/mol. The summed E-state index contributed by atoms with van der Waals surface area (Å²) in [6, 6.07) is 7.67. The van der Waals surface area contributed by atoms with E-state index in [2.05, 4.69) is 0 Å². The van der Waals surface area contributed by atoms with E-state index < -0.39 is 0 Å². The summed E-state index contributed by atoms with van der Waals surface area (Å²) in [5, 5.41) is 0. The topological polar surface area (TPSA) is 26.3 Å². The highest BCUT2D eigenvalue weighted by molar-refractivity contribution is 5.58. The first-order valence-electron chi connectivity index (χ1n) is 4.11. The summed E-state index contributed by atoms with van der Waals surface area (Å²) < 4.78 is 5.01. The fourth-order valence-corrected chi connectivity index (χ4v) is 0.975. The van der Waals surface area contributed by atoms with Crippen LogP contribution in [0, 0.1) is 0 Å². The zero-order valence-electron chi connectivity index (χ0n) is 7.57. The highest BCUT2D eigenvalue weighted by atomic mass is 16.5. The molecule has 0 radical (unpaired) electrons. The summed E-state index contributed by atoms with van der Waals surface area (Å²) in [4.78, 5) is 10.0. The number of ether oxygens (including phenoxy) is 1. The molecule has 0 aliphatic rings. The highest BCUT2D eigenvalue weighted by Gasteiger charge is 1.88. The first-order chi connectivity index (χ1) is 6.36. The third-order valence-electron chi connectivity index (χ3n) is 1.66. The van der Waals surface area contributed by atoms with Crippen molar-refractivity contribution in [1.29, 1.82) is 0 Å². The van der Waals surface area contributed by atoms with Gasteiger partial charge in [-0.1, -0.05) is 24.3 Å². The number of hydrogen-bond donors (Lipinski definition) is 0. The number of hydrogen-bond acceptors (Lipinski definition) is 2. The van der Waals surface area contributed by atoms with Crippen molar-refractivity contribution in [3.05, 3.63) is 35.9 Å². The van der Waals surface area contributed by atoms with Crippen molar-refractivity contribution < 1.29 is 9.53 Å². The van der Waals surface area contributed by atoms with Gasteiger partial charge in [0.05, 0.1) is 7.11 Å². The van der Waals surface area contributed by atoms with Gasteiger partial charge in [0.25, 0.3) is 0 Å². The number of rotatable bonds is 4. The average molecular weight is 176 g/mol. The standard InChI is InChI=1S/C11H12O2/c1-13-11-7-5-10(6-8-11)4-2-3-9-12/h2,4-9H,3H2,1H3/b4-2+. The SMILES string of the molecule is COc1ccc(/C=C/CC=O)cc1. The molecule has 0 fully saturated rings. The first-order valence-corrected chi connectivity index (χ1v) is 4.11. The van der Waals surface area contributed by atoms with Gasteiger partial charge in [0.15, 0.2) is 0 Å². The van der Waals surface area contributed by atoms with Gasteiger partial charge in [-0.3, -0.25) is 0 Å². The van der Waals surface area contributed by atoms with Gasteiger partial charge in [0.2, 0.25) is 0 Å². The smallest absolute Gasteiger partial charge is 0.123 e. The maximum Gasteiger partial charge on any atom is 0.123 e. The summed E-state index contributed by atoms with van der Waals surface area (Å²) >= 11 is 0. The Morgan fingerprint density at radius 2 is 2.00 bits per heavy atom. The van der Waals surface area contributed by atoms with Gasteiger partial charge in [-0.15, -0.1) is 0 Å². The molecule has 2 heteroatoms. The predicted octanol–water partition coefficient (Wildman–Crippen LogP) is 2.30. The van der Waals surface area contributed by atoms with Crippen LogP contribution in [-0.4, -0.2) is 13.4 Å². The quantitative estimate of drug-likeness (QED) is 0.658. The van der Waals surface area contributed by atoms with E-state index in [1.165, 1.54) is 0 Å². The molecule has 1 aromatic carbocycles. The van der Waals surface area contributed by atoms with Crippen LogP contribution < -0.4 is 4.74 Å². The molecule has 13 heavy (non-hydrogen) atoms. The number of allylic oxidation sites excluding steroid dienone is 1. The van der Waals surface area contributed by atoms with Crippen LogP contribution in [0.1, 0.15) is 12.0 Å². The molecule has 0 saturated heterocycles. The molecule has 0 aromatic heterocycles. The second-order valence-electron chi connectivity index (χ2n) is 2.58. The van der Waals surface area contributed by atoms with Gasteiger partial charge in [-0.2, -0.15) is 0 Å². The van der Waals surface area contributed by atoms with Gasteiger partial charge in [0, 0.05) is 6.42 Å². The Hall–Kier alpha value is -1.57. The lowest BCUT2D eigenvalue weighted by atomic mass is 10.2. The Labute approximate surface area is 77.8 Å². The molecule has 0 aliphatic heterocycles. The predicted molar refractivity (Wildman–Crippen MR) is 52.7 cm³/mol. The fourth-order valence-electron chi connectivity index (χ4n) is 0.975. The minimum atomic E-state index is 0.464. The molecule has 0 amide bonds. The summed E-state index contributed by atoms with van der Waals surface area (Å²) in [6.45, 7) is 0. The minimum absolute atomic E-state index is 0.464. The van der Waals surface area contributed by atoms with E-state index in [9.17, 15) is 4.79 Å². The lowest BCUT2D eigenvalue weighted by molar-refractivity contribution is -0.107. The summed E-state index contributed by atoms with van der Waals surface area (Å²) in [7, 11) is 1.64. The Balaban J connectivity index is 2.63. The lowest BCUT2D eigenvalue weighted by Gasteiger charge is -1.98. The third-order valence-corrected chi connectivity index (χ3v) is 1.66. The van der Waals surface area contributed by atoms with Crippen LogP contribution in [0.4, 0.5) is 0 Å².